The van der Waals surface area contributed by atoms with Gasteiger partial charge in [0.2, 0.25) is 5.88 Å². The van der Waals surface area contributed by atoms with Crippen molar-refractivity contribution in [3.63, 3.8) is 0 Å². The molecule has 0 aliphatic carbocycles. The van der Waals surface area contributed by atoms with E-state index in [2.05, 4.69) is 14.9 Å². The van der Waals surface area contributed by atoms with Gasteiger partial charge in [-0.1, -0.05) is 0 Å². The lowest BCUT2D eigenvalue weighted by Gasteiger charge is -2.39. The maximum atomic E-state index is 14.4. The molecule has 8 nitrogen and oxygen atoms in total. The molecule has 1 unspecified atom stereocenters. The fraction of sp³-hybridized carbons (Fsp3) is 0.471. The van der Waals surface area contributed by atoms with Crippen LogP contribution in [0.4, 0.5) is 9.18 Å². The molecule has 1 fully saturated rings. The second kappa shape index (κ2) is 7.79. The van der Waals surface area contributed by atoms with Gasteiger partial charge in [-0.15, -0.1) is 0 Å². The standard InChI is InChI=1S/C17H22FN5O3/c1-26-15-3-2-14-16(21-15)12(13(18)9-20-14)4-5-22-6-7-23(17(24)25)11(8-19)10-22/h2-3,9,11H,4-8,10,19H2,1H3,(H,24,25). The van der Waals surface area contributed by atoms with Crippen LogP contribution in [0.1, 0.15) is 5.56 Å². The Bertz CT molecular complexity index is 803. The maximum absolute atomic E-state index is 14.4. The maximum Gasteiger partial charge on any atom is 0.407 e. The lowest BCUT2D eigenvalue weighted by Crippen LogP contribution is -2.57. The van der Waals surface area contributed by atoms with Crippen molar-refractivity contribution in [3.8, 4) is 5.88 Å². The summed E-state index contributed by atoms with van der Waals surface area (Å²) in [6.07, 6.45) is 0.689. The van der Waals surface area contributed by atoms with Crippen LogP contribution < -0.4 is 10.5 Å². The van der Waals surface area contributed by atoms with Crippen molar-refractivity contribution in [1.29, 1.82) is 0 Å². The second-order valence-electron chi connectivity index (χ2n) is 6.22. The Hall–Kier alpha value is -2.52. The molecule has 3 heterocycles. The number of hydrogen-bond acceptors (Lipinski definition) is 6. The Morgan fingerprint density at radius 3 is 2.96 bits per heavy atom. The molecule has 2 aromatic heterocycles. The molecule has 3 rings (SSSR count). The Morgan fingerprint density at radius 2 is 2.27 bits per heavy atom. The normalized spacial score (nSPS) is 18.3. The number of aromatic nitrogens is 2. The number of halogens is 1. The fourth-order valence-corrected chi connectivity index (χ4v) is 3.28. The second-order valence-corrected chi connectivity index (χ2v) is 6.22. The number of nitrogens with zero attached hydrogens (tertiary/aromatic N) is 4. The van der Waals surface area contributed by atoms with E-state index in [4.69, 9.17) is 10.5 Å². The summed E-state index contributed by atoms with van der Waals surface area (Å²) in [6, 6.07) is 3.19. The van der Waals surface area contributed by atoms with Gasteiger partial charge in [-0.3, -0.25) is 9.88 Å². The monoisotopic (exact) mass is 363 g/mol. The molecular weight excluding hydrogens is 341 g/mol. The summed E-state index contributed by atoms with van der Waals surface area (Å²) in [7, 11) is 1.51. The third kappa shape index (κ3) is 3.68. The van der Waals surface area contributed by atoms with Crippen molar-refractivity contribution in [2.45, 2.75) is 12.5 Å². The van der Waals surface area contributed by atoms with Gasteiger partial charge in [0.05, 0.1) is 30.4 Å². The van der Waals surface area contributed by atoms with E-state index in [0.29, 0.717) is 55.1 Å². The highest BCUT2D eigenvalue weighted by Crippen LogP contribution is 2.22. The van der Waals surface area contributed by atoms with Crippen LogP contribution in [0.5, 0.6) is 5.88 Å². The highest BCUT2D eigenvalue weighted by molar-refractivity contribution is 5.78. The number of carboxylic acid groups (broad SMARTS) is 1. The first kappa shape index (κ1) is 18.3. The van der Waals surface area contributed by atoms with E-state index in [9.17, 15) is 14.3 Å². The zero-order valence-electron chi connectivity index (χ0n) is 14.6. The zero-order valence-corrected chi connectivity index (χ0v) is 14.6. The highest BCUT2D eigenvalue weighted by Gasteiger charge is 2.29. The quantitative estimate of drug-likeness (QED) is 0.815. The van der Waals surface area contributed by atoms with Crippen molar-refractivity contribution in [2.24, 2.45) is 5.73 Å². The number of nitrogens with two attached hydrogens (primary N) is 1. The summed E-state index contributed by atoms with van der Waals surface area (Å²) in [4.78, 5) is 23.1. The van der Waals surface area contributed by atoms with E-state index < -0.39 is 11.9 Å². The number of pyridine rings is 2. The Balaban J connectivity index is 1.75. The van der Waals surface area contributed by atoms with Gasteiger partial charge in [0.1, 0.15) is 5.82 Å². The average molecular weight is 363 g/mol. The molecule has 0 saturated carbocycles. The Labute approximate surface area is 150 Å². The van der Waals surface area contributed by atoms with E-state index in [1.807, 2.05) is 0 Å². The van der Waals surface area contributed by atoms with Crippen molar-refractivity contribution < 1.29 is 19.0 Å². The van der Waals surface area contributed by atoms with Gasteiger partial charge < -0.3 is 20.5 Å². The lowest BCUT2D eigenvalue weighted by molar-refractivity contribution is 0.0709. The molecule has 1 saturated heterocycles. The molecule has 0 spiro atoms. The predicted octanol–water partition coefficient (Wildman–Crippen LogP) is 0.943. The van der Waals surface area contributed by atoms with Crippen LogP contribution in [-0.4, -0.2) is 76.8 Å². The predicted molar refractivity (Wildman–Crippen MR) is 93.8 cm³/mol. The molecule has 1 atom stereocenters. The van der Waals surface area contributed by atoms with Crippen LogP contribution >= 0.6 is 0 Å². The van der Waals surface area contributed by atoms with Crippen molar-refractivity contribution in [2.75, 3.05) is 39.8 Å². The number of hydrogen-bond donors (Lipinski definition) is 2. The molecule has 0 aromatic carbocycles. The van der Waals surface area contributed by atoms with Crippen LogP contribution in [0.25, 0.3) is 11.0 Å². The van der Waals surface area contributed by atoms with Crippen LogP contribution in [0, 0.1) is 5.82 Å². The molecule has 0 bridgehead atoms. The van der Waals surface area contributed by atoms with Gasteiger partial charge >= 0.3 is 6.09 Å². The van der Waals surface area contributed by atoms with Crippen LogP contribution in [0.15, 0.2) is 18.3 Å². The lowest BCUT2D eigenvalue weighted by atomic mass is 10.1. The van der Waals surface area contributed by atoms with E-state index in [0.717, 1.165) is 0 Å². The van der Waals surface area contributed by atoms with Crippen LogP contribution in [0.3, 0.4) is 0 Å². The molecule has 1 aliphatic heterocycles. The van der Waals surface area contributed by atoms with E-state index in [-0.39, 0.29) is 12.6 Å². The summed E-state index contributed by atoms with van der Waals surface area (Å²) in [5.41, 5.74) is 7.29. The number of fused-ring (bicyclic) bond motifs is 1. The first-order chi connectivity index (χ1) is 12.5. The SMILES string of the molecule is COc1ccc2ncc(F)c(CCN3CCN(C(=O)O)C(CN)C3)c2n1. The molecule has 9 heteroatoms. The minimum absolute atomic E-state index is 0.251. The van der Waals surface area contributed by atoms with E-state index in [1.54, 1.807) is 12.1 Å². The first-order valence-electron chi connectivity index (χ1n) is 8.43. The minimum Gasteiger partial charge on any atom is -0.481 e. The molecule has 1 amide bonds. The minimum atomic E-state index is -0.956. The molecule has 26 heavy (non-hydrogen) atoms. The van der Waals surface area contributed by atoms with Crippen molar-refractivity contribution >= 4 is 17.1 Å². The average Bonchev–Trinajstić information content (AvgIpc) is 2.66. The van der Waals surface area contributed by atoms with Gasteiger partial charge in [-0.25, -0.2) is 14.2 Å². The number of carbonyl (C=O) groups is 1. The van der Waals surface area contributed by atoms with Gasteiger partial charge in [0, 0.05) is 44.4 Å². The molecule has 3 N–H and O–H groups in total. The number of amides is 1. The third-order valence-corrected chi connectivity index (χ3v) is 4.71. The van der Waals surface area contributed by atoms with Gasteiger partial charge in [0.15, 0.2) is 0 Å². The number of piperazine rings is 1. The third-order valence-electron chi connectivity index (χ3n) is 4.71. The number of rotatable bonds is 5. The molecule has 140 valence electrons. The summed E-state index contributed by atoms with van der Waals surface area (Å²) in [5, 5.41) is 9.21. The van der Waals surface area contributed by atoms with E-state index >= 15 is 0 Å². The number of ether oxygens (including phenoxy) is 1. The molecular formula is C17H22FN5O3. The van der Waals surface area contributed by atoms with Crippen molar-refractivity contribution in [1.82, 2.24) is 19.8 Å². The smallest absolute Gasteiger partial charge is 0.407 e. The zero-order chi connectivity index (χ0) is 18.7. The largest absolute Gasteiger partial charge is 0.481 e. The summed E-state index contributed by atoms with van der Waals surface area (Å²) in [6.45, 7) is 2.35. The number of methoxy groups -OCH3 is 1. The topological polar surface area (TPSA) is 105 Å². The Kier molecular flexibility index (Phi) is 5.48. The van der Waals surface area contributed by atoms with Gasteiger partial charge in [0.25, 0.3) is 0 Å². The first-order valence-corrected chi connectivity index (χ1v) is 8.43. The summed E-state index contributed by atoms with van der Waals surface area (Å²) < 4.78 is 19.5. The summed E-state index contributed by atoms with van der Waals surface area (Å²) >= 11 is 0. The molecule has 0 radical (unpaired) electrons. The van der Waals surface area contributed by atoms with Gasteiger partial charge in [-0.2, -0.15) is 0 Å². The van der Waals surface area contributed by atoms with Crippen LogP contribution in [0.2, 0.25) is 0 Å². The Morgan fingerprint density at radius 1 is 1.46 bits per heavy atom. The molecule has 2 aromatic rings. The fourth-order valence-electron chi connectivity index (χ4n) is 3.28. The highest BCUT2D eigenvalue weighted by atomic mass is 19.1. The van der Waals surface area contributed by atoms with Crippen LogP contribution in [-0.2, 0) is 6.42 Å². The van der Waals surface area contributed by atoms with E-state index in [1.165, 1.54) is 18.2 Å². The molecule has 1 aliphatic rings. The summed E-state index contributed by atoms with van der Waals surface area (Å²) in [5.74, 6) is 0.00205. The van der Waals surface area contributed by atoms with Gasteiger partial charge in [-0.05, 0) is 12.5 Å². The van der Waals surface area contributed by atoms with Crippen molar-refractivity contribution in [3.05, 3.63) is 29.7 Å².